The zero-order valence-corrected chi connectivity index (χ0v) is 34.5. The van der Waals surface area contributed by atoms with Crippen molar-refractivity contribution >= 4 is 17.6 Å². The van der Waals surface area contributed by atoms with E-state index in [1.165, 1.54) is 81.8 Å². The minimum Gasteiger partial charge on any atom is -0.478 e. The van der Waals surface area contributed by atoms with Gasteiger partial charge in [-0.2, -0.15) is 0 Å². The summed E-state index contributed by atoms with van der Waals surface area (Å²) in [5.41, 5.74) is 3.75. The third-order valence-corrected chi connectivity index (χ3v) is 18.3. The lowest BCUT2D eigenvalue weighted by atomic mass is 9.32. The summed E-state index contributed by atoms with van der Waals surface area (Å²) in [6.07, 6.45) is 20.1. The standard InChI is InChI=1S/C47H71N3O3/c1-41(2,30-50-28-10-9-11-29-50)48-40(53)49-47-23-19-34(43(5)24-25-43)38(47)35-16-17-37-44(6)21-18-33(31-12-14-32(15-13-31)39(51)52)42(3,4)36(44)20-22-46(37,8)45(35,7)26-27-47/h12-15,18,34-38H,9-11,16-17,19-30H2,1-8H3,(H,51,52)(H2,48,49,53)/t34-,35-,36+,37?,38?,44+,45-,46-,47?/m1/s1. The molecule has 2 amide bonds. The molecular formula is C47H71N3O3. The molecule has 1 heterocycles. The molecule has 1 aromatic rings. The number of aromatic carboxylic acids is 1. The van der Waals surface area contributed by atoms with Gasteiger partial charge in [0, 0.05) is 17.6 Å². The van der Waals surface area contributed by atoms with Crippen molar-refractivity contribution in [2.24, 2.45) is 56.7 Å². The van der Waals surface area contributed by atoms with Crippen LogP contribution >= 0.6 is 0 Å². The second kappa shape index (κ2) is 12.6. The zero-order chi connectivity index (χ0) is 37.8. The first-order valence-corrected chi connectivity index (χ1v) is 21.7. The first-order valence-electron chi connectivity index (χ1n) is 21.7. The molecule has 8 rings (SSSR count). The molecule has 0 aromatic heterocycles. The number of urea groups is 1. The normalized spacial score (nSPS) is 41.5. The summed E-state index contributed by atoms with van der Waals surface area (Å²) in [5, 5.41) is 16.9. The van der Waals surface area contributed by atoms with Crippen LogP contribution < -0.4 is 10.6 Å². The Morgan fingerprint density at radius 3 is 2.15 bits per heavy atom. The summed E-state index contributed by atoms with van der Waals surface area (Å²) in [5.74, 6) is 2.27. The number of carboxylic acid groups (broad SMARTS) is 1. The van der Waals surface area contributed by atoms with Crippen LogP contribution in [0.2, 0.25) is 0 Å². The van der Waals surface area contributed by atoms with E-state index < -0.39 is 5.97 Å². The van der Waals surface area contributed by atoms with Crippen LogP contribution in [0.4, 0.5) is 4.79 Å². The molecule has 0 radical (unpaired) electrons. The number of amides is 2. The van der Waals surface area contributed by atoms with Gasteiger partial charge in [-0.25, -0.2) is 9.59 Å². The van der Waals surface area contributed by atoms with Crippen LogP contribution in [0.15, 0.2) is 30.3 Å². The lowest BCUT2D eigenvalue weighted by Crippen LogP contribution is -2.69. The van der Waals surface area contributed by atoms with Crippen molar-refractivity contribution in [2.45, 2.75) is 156 Å². The Hall–Kier alpha value is -2.34. The van der Waals surface area contributed by atoms with Gasteiger partial charge < -0.3 is 20.6 Å². The predicted molar refractivity (Wildman–Crippen MR) is 215 cm³/mol. The van der Waals surface area contributed by atoms with Crippen molar-refractivity contribution in [3.63, 3.8) is 0 Å². The van der Waals surface area contributed by atoms with Crippen LogP contribution in [0, 0.1) is 56.7 Å². The number of nitrogens with zero attached hydrogens (tertiary/aromatic N) is 1. The highest BCUT2D eigenvalue weighted by Gasteiger charge is 2.72. The van der Waals surface area contributed by atoms with Gasteiger partial charge >= 0.3 is 12.0 Å². The first-order chi connectivity index (χ1) is 24.9. The van der Waals surface area contributed by atoms with Crippen molar-refractivity contribution in [1.29, 1.82) is 0 Å². The summed E-state index contributed by atoms with van der Waals surface area (Å²) in [6.45, 7) is 23.3. The Morgan fingerprint density at radius 2 is 1.49 bits per heavy atom. The van der Waals surface area contributed by atoms with Crippen LogP contribution in [-0.4, -0.2) is 52.7 Å². The van der Waals surface area contributed by atoms with Gasteiger partial charge in [-0.3, -0.25) is 0 Å². The predicted octanol–water partition coefficient (Wildman–Crippen LogP) is 10.6. The molecule has 292 valence electrons. The number of allylic oxidation sites excluding steroid dienone is 2. The summed E-state index contributed by atoms with van der Waals surface area (Å²) in [6, 6.07) is 7.70. The topological polar surface area (TPSA) is 81.7 Å². The largest absolute Gasteiger partial charge is 0.478 e. The van der Waals surface area contributed by atoms with Gasteiger partial charge in [-0.15, -0.1) is 0 Å². The molecule has 53 heavy (non-hydrogen) atoms. The fourth-order valence-electron chi connectivity index (χ4n) is 15.3. The van der Waals surface area contributed by atoms with Crippen molar-refractivity contribution < 1.29 is 14.7 Å². The summed E-state index contributed by atoms with van der Waals surface area (Å²) in [4.78, 5) is 28.3. The maximum absolute atomic E-state index is 14.2. The van der Waals surface area contributed by atoms with Gasteiger partial charge in [-0.05, 0) is 190 Å². The number of carbonyl (C=O) groups is 2. The highest BCUT2D eigenvalue weighted by atomic mass is 16.4. The maximum Gasteiger partial charge on any atom is 0.335 e. The van der Waals surface area contributed by atoms with E-state index in [-0.39, 0.29) is 38.8 Å². The number of hydrogen-bond acceptors (Lipinski definition) is 3. The summed E-state index contributed by atoms with van der Waals surface area (Å²) >= 11 is 0. The van der Waals surface area contributed by atoms with Gasteiger partial charge in [0.25, 0.3) is 0 Å². The molecule has 0 spiro atoms. The van der Waals surface area contributed by atoms with Gasteiger partial charge in [0.2, 0.25) is 0 Å². The second-order valence-corrected chi connectivity index (χ2v) is 21.9. The van der Waals surface area contributed by atoms with Crippen molar-refractivity contribution in [2.75, 3.05) is 19.6 Å². The van der Waals surface area contributed by atoms with E-state index in [0.717, 1.165) is 38.9 Å². The van der Waals surface area contributed by atoms with Crippen LogP contribution in [0.3, 0.4) is 0 Å². The molecule has 3 unspecified atom stereocenters. The molecule has 1 aromatic carbocycles. The smallest absolute Gasteiger partial charge is 0.335 e. The lowest BCUT2D eigenvalue weighted by molar-refractivity contribution is -0.221. The number of rotatable bonds is 7. The number of benzene rings is 1. The summed E-state index contributed by atoms with van der Waals surface area (Å²) < 4.78 is 0. The lowest BCUT2D eigenvalue weighted by Gasteiger charge is -2.72. The average molecular weight is 726 g/mol. The van der Waals surface area contributed by atoms with Crippen LogP contribution in [-0.2, 0) is 0 Å². The number of hydrogen-bond donors (Lipinski definition) is 3. The third kappa shape index (κ3) is 5.87. The molecule has 5 saturated carbocycles. The monoisotopic (exact) mass is 726 g/mol. The molecule has 9 atom stereocenters. The van der Waals surface area contributed by atoms with Gasteiger partial charge in [-0.1, -0.05) is 66.2 Å². The summed E-state index contributed by atoms with van der Waals surface area (Å²) in [7, 11) is 0. The third-order valence-electron chi connectivity index (χ3n) is 18.3. The molecule has 1 saturated heterocycles. The number of likely N-dealkylation sites (tertiary alicyclic amines) is 1. The zero-order valence-electron chi connectivity index (χ0n) is 34.5. The minimum atomic E-state index is -0.863. The Bertz CT molecular complexity index is 1640. The first kappa shape index (κ1) is 37.6. The molecule has 6 aliphatic carbocycles. The van der Waals surface area contributed by atoms with Crippen LogP contribution in [0.1, 0.15) is 161 Å². The van der Waals surface area contributed by atoms with Gasteiger partial charge in [0.1, 0.15) is 0 Å². The molecule has 7 aliphatic rings. The Labute approximate surface area is 321 Å². The molecule has 1 aliphatic heterocycles. The minimum absolute atomic E-state index is 0.00864. The van der Waals surface area contributed by atoms with Crippen molar-refractivity contribution in [1.82, 2.24) is 15.5 Å². The highest BCUT2D eigenvalue weighted by molar-refractivity contribution is 5.88. The van der Waals surface area contributed by atoms with E-state index in [1.54, 1.807) is 12.1 Å². The Balaban J connectivity index is 1.06. The molecule has 6 fully saturated rings. The van der Waals surface area contributed by atoms with E-state index >= 15 is 0 Å². The van der Waals surface area contributed by atoms with E-state index in [4.69, 9.17) is 0 Å². The van der Waals surface area contributed by atoms with Crippen molar-refractivity contribution in [3.05, 3.63) is 41.5 Å². The Kier molecular flexibility index (Phi) is 8.92. The Morgan fingerprint density at radius 1 is 0.792 bits per heavy atom. The number of fused-ring (bicyclic) bond motifs is 7. The fourth-order valence-corrected chi connectivity index (χ4v) is 15.3. The fraction of sp³-hybridized carbons (Fsp3) is 0.787. The average Bonchev–Trinajstić information content (AvgIpc) is 3.72. The molecule has 3 N–H and O–H groups in total. The molecule has 0 bridgehead atoms. The quantitative estimate of drug-likeness (QED) is 0.261. The molecule has 6 heteroatoms. The van der Waals surface area contributed by atoms with E-state index in [1.807, 2.05) is 12.1 Å². The van der Waals surface area contributed by atoms with Crippen LogP contribution in [0.5, 0.6) is 0 Å². The number of piperidine rings is 1. The second-order valence-electron chi connectivity index (χ2n) is 21.9. The molecule has 6 nitrogen and oxygen atoms in total. The number of nitrogens with one attached hydrogen (secondary N) is 2. The van der Waals surface area contributed by atoms with Crippen molar-refractivity contribution in [3.8, 4) is 0 Å². The van der Waals surface area contributed by atoms with E-state index in [2.05, 4.69) is 77.0 Å². The van der Waals surface area contributed by atoms with Crippen LogP contribution in [0.25, 0.3) is 5.57 Å². The number of carboxylic acids is 1. The maximum atomic E-state index is 14.2. The highest BCUT2D eigenvalue weighted by Crippen LogP contribution is 2.78. The molecular weight excluding hydrogens is 655 g/mol. The van der Waals surface area contributed by atoms with Gasteiger partial charge in [0.15, 0.2) is 0 Å². The van der Waals surface area contributed by atoms with E-state index in [9.17, 15) is 14.7 Å². The SMILES string of the molecule is CC(C)(CN1CCCCC1)NC(=O)NC12CC[C@@H](C3(C)CC3)C1[C@H]1CCC3[C@@]4(C)CC=C(c5ccc(C(=O)O)cc5)C(C)(C)[C@@H]4CC[C@@]3(C)[C@]1(C)CC2. The van der Waals surface area contributed by atoms with Gasteiger partial charge in [0.05, 0.1) is 5.56 Å². The van der Waals surface area contributed by atoms with E-state index in [0.29, 0.717) is 40.6 Å². The number of carbonyl (C=O) groups excluding carboxylic acids is 1.